The van der Waals surface area contributed by atoms with Gasteiger partial charge in [0.05, 0.1) is 33.7 Å². The largest absolute Gasteiger partial charge is 0.416 e. The van der Waals surface area contributed by atoms with Crippen LogP contribution in [0.15, 0.2) is 60.7 Å². The molecule has 2 amide bonds. The number of fused-ring (bicyclic) bond motifs is 1. The van der Waals surface area contributed by atoms with Gasteiger partial charge < -0.3 is 0 Å². The van der Waals surface area contributed by atoms with Crippen molar-refractivity contribution in [1.29, 1.82) is 0 Å². The summed E-state index contributed by atoms with van der Waals surface area (Å²) in [5.74, 6) is -2.89. The van der Waals surface area contributed by atoms with Gasteiger partial charge in [-0.05, 0) is 44.2 Å². The van der Waals surface area contributed by atoms with E-state index in [1.807, 2.05) is 17.6 Å². The van der Waals surface area contributed by atoms with Gasteiger partial charge in [-0.1, -0.05) is 30.3 Å². The van der Waals surface area contributed by atoms with Crippen molar-refractivity contribution in [1.82, 2.24) is 25.6 Å². The zero-order chi connectivity index (χ0) is 25.3. The first-order valence-corrected chi connectivity index (χ1v) is 10.3. The minimum atomic E-state index is -4.55. The molecule has 0 saturated carbocycles. The number of aryl methyl sites for hydroxylation is 1. The van der Waals surface area contributed by atoms with Crippen LogP contribution in [0.2, 0.25) is 0 Å². The molecule has 0 fully saturated rings. The van der Waals surface area contributed by atoms with Crippen molar-refractivity contribution in [3.63, 3.8) is 0 Å². The van der Waals surface area contributed by atoms with Crippen LogP contribution in [-0.4, -0.2) is 32.4 Å². The molecule has 11 heteroatoms. The fraction of sp³-hybridized carbons (Fsp3) is 0.125. The Balaban J connectivity index is 1.51. The summed E-state index contributed by atoms with van der Waals surface area (Å²) in [7, 11) is 0. The van der Waals surface area contributed by atoms with Crippen molar-refractivity contribution in [2.24, 2.45) is 0 Å². The first-order chi connectivity index (χ1) is 16.6. The molecule has 178 valence electrons. The third kappa shape index (κ3) is 4.74. The molecule has 0 aliphatic carbocycles. The monoisotopic (exact) mass is 481 g/mol. The molecule has 4 aromatic rings. The van der Waals surface area contributed by atoms with Crippen LogP contribution in [-0.2, 0) is 11.0 Å². The molecule has 0 atom stereocenters. The Morgan fingerprint density at radius 3 is 2.40 bits per heavy atom. The molecule has 0 aliphatic heterocycles. The van der Waals surface area contributed by atoms with Crippen LogP contribution < -0.4 is 10.9 Å². The lowest BCUT2D eigenvalue weighted by molar-refractivity contribution is -0.137. The van der Waals surface area contributed by atoms with E-state index in [-0.39, 0.29) is 28.3 Å². The minimum Gasteiger partial charge on any atom is -0.283 e. The molecule has 2 N–H and O–H groups in total. The topological polar surface area (TPSA) is 106 Å². The average Bonchev–Trinajstić information content (AvgIpc) is 3.14. The Labute approximate surface area is 196 Å². The van der Waals surface area contributed by atoms with E-state index in [0.29, 0.717) is 5.52 Å². The molecule has 0 spiro atoms. The minimum absolute atomic E-state index is 0.0289. The molecule has 4 rings (SSSR count). The Morgan fingerprint density at radius 1 is 0.914 bits per heavy atom. The molecule has 0 saturated heterocycles. The zero-order valence-electron chi connectivity index (χ0n) is 18.5. The van der Waals surface area contributed by atoms with E-state index in [4.69, 9.17) is 0 Å². The van der Waals surface area contributed by atoms with Crippen LogP contribution in [0.3, 0.4) is 0 Å². The number of carbonyl (C=O) groups is 3. The number of benzene rings is 2. The van der Waals surface area contributed by atoms with Gasteiger partial charge in [-0.15, -0.1) is 0 Å². The molecular weight excluding hydrogens is 463 g/mol. The summed E-state index contributed by atoms with van der Waals surface area (Å²) in [6.07, 6.45) is -4.55. The first-order valence-electron chi connectivity index (χ1n) is 10.3. The Bertz CT molecular complexity index is 1480. The molecular formula is C24H18F3N5O3. The number of hydrazine groups is 1. The van der Waals surface area contributed by atoms with Gasteiger partial charge in [0.15, 0.2) is 0 Å². The molecule has 0 radical (unpaired) electrons. The summed E-state index contributed by atoms with van der Waals surface area (Å²) in [5.41, 5.74) is 4.23. The molecule has 35 heavy (non-hydrogen) atoms. The maximum Gasteiger partial charge on any atom is 0.416 e. The highest BCUT2D eigenvalue weighted by Crippen LogP contribution is 2.31. The van der Waals surface area contributed by atoms with Crippen LogP contribution in [0.25, 0.3) is 16.6 Å². The third-order valence-corrected chi connectivity index (χ3v) is 5.26. The van der Waals surface area contributed by atoms with Gasteiger partial charge in [0, 0.05) is 5.39 Å². The van der Waals surface area contributed by atoms with E-state index in [1.165, 1.54) is 32.0 Å². The molecule has 8 nitrogen and oxygen atoms in total. The number of aromatic nitrogens is 3. The molecule has 0 bridgehead atoms. The fourth-order valence-electron chi connectivity index (χ4n) is 3.58. The van der Waals surface area contributed by atoms with Crippen molar-refractivity contribution in [3.05, 3.63) is 88.9 Å². The van der Waals surface area contributed by atoms with E-state index in [2.05, 4.69) is 15.5 Å². The number of carbonyl (C=O) groups excluding carboxylic acids is 3. The van der Waals surface area contributed by atoms with Crippen molar-refractivity contribution in [2.75, 3.05) is 0 Å². The third-order valence-electron chi connectivity index (χ3n) is 5.26. The lowest BCUT2D eigenvalue weighted by Crippen LogP contribution is -2.45. The number of hydrogen-bond donors (Lipinski definition) is 2. The maximum atomic E-state index is 13.1. The number of para-hydroxylation sites is 1. The smallest absolute Gasteiger partial charge is 0.283 e. The van der Waals surface area contributed by atoms with Gasteiger partial charge in [0.25, 0.3) is 11.7 Å². The summed E-state index contributed by atoms with van der Waals surface area (Å²) in [6.45, 7) is 2.91. The second-order valence-electron chi connectivity index (χ2n) is 7.63. The Kier molecular flexibility index (Phi) is 6.08. The molecule has 2 aromatic heterocycles. The van der Waals surface area contributed by atoms with Gasteiger partial charge in [-0.2, -0.15) is 18.3 Å². The highest BCUT2D eigenvalue weighted by atomic mass is 19.4. The lowest BCUT2D eigenvalue weighted by atomic mass is 10.1. The van der Waals surface area contributed by atoms with E-state index in [0.717, 1.165) is 22.2 Å². The van der Waals surface area contributed by atoms with Crippen LogP contribution in [0, 0.1) is 13.8 Å². The van der Waals surface area contributed by atoms with E-state index in [1.54, 1.807) is 18.2 Å². The highest BCUT2D eigenvalue weighted by Gasteiger charge is 2.31. The molecule has 0 aliphatic rings. The number of hydrogen-bond acceptors (Lipinski definition) is 5. The van der Waals surface area contributed by atoms with E-state index < -0.39 is 29.3 Å². The summed E-state index contributed by atoms with van der Waals surface area (Å²) < 4.78 is 40.4. The van der Waals surface area contributed by atoms with E-state index in [9.17, 15) is 27.6 Å². The maximum absolute atomic E-state index is 13.1. The number of nitrogens with zero attached hydrogens (tertiary/aromatic N) is 3. The summed E-state index contributed by atoms with van der Waals surface area (Å²) in [4.78, 5) is 41.8. The van der Waals surface area contributed by atoms with Crippen molar-refractivity contribution < 1.29 is 27.6 Å². The van der Waals surface area contributed by atoms with Crippen molar-refractivity contribution >= 4 is 28.5 Å². The van der Waals surface area contributed by atoms with Crippen molar-refractivity contribution in [2.45, 2.75) is 20.0 Å². The van der Waals surface area contributed by atoms with Crippen molar-refractivity contribution in [3.8, 4) is 5.69 Å². The summed E-state index contributed by atoms with van der Waals surface area (Å²) >= 11 is 0. The Morgan fingerprint density at radius 2 is 1.66 bits per heavy atom. The van der Waals surface area contributed by atoms with Gasteiger partial charge >= 0.3 is 12.1 Å². The van der Waals surface area contributed by atoms with Gasteiger partial charge in [-0.25, -0.2) is 9.67 Å². The standard InChI is InChI=1S/C24H18F3N5O3/c1-13-20(14(2)32(31-13)17-8-5-7-16(12-17)24(25,26)27)21(33)23(35)30-29-22(34)19-11-10-15-6-3-4-9-18(15)28-19/h3-12H,1-2H3,(H,29,34)(H,30,35). The number of rotatable bonds is 4. The Hall–Kier alpha value is -4.54. The number of Topliss-reactive ketones (excluding diaryl/α,β-unsaturated/α-hetero) is 1. The number of pyridine rings is 1. The second kappa shape index (κ2) is 9.01. The predicted molar refractivity (Wildman–Crippen MR) is 120 cm³/mol. The molecule has 2 heterocycles. The number of alkyl halides is 3. The normalized spacial score (nSPS) is 11.3. The van der Waals surface area contributed by atoms with Gasteiger partial charge in [0.2, 0.25) is 0 Å². The number of amides is 2. The van der Waals surface area contributed by atoms with E-state index >= 15 is 0 Å². The number of ketones is 1. The van der Waals surface area contributed by atoms with Crippen LogP contribution in [0.1, 0.15) is 37.8 Å². The fourth-order valence-corrected chi connectivity index (χ4v) is 3.58. The molecule has 2 aromatic carbocycles. The highest BCUT2D eigenvalue weighted by molar-refractivity contribution is 6.43. The second-order valence-corrected chi connectivity index (χ2v) is 7.63. The predicted octanol–water partition coefficient (Wildman–Crippen LogP) is 3.70. The first kappa shape index (κ1) is 23.6. The SMILES string of the molecule is Cc1nn(-c2cccc(C(F)(F)F)c2)c(C)c1C(=O)C(=O)NNC(=O)c1ccc2ccccc2n1. The average molecular weight is 481 g/mol. The van der Waals surface area contributed by atoms with Gasteiger partial charge in [-0.3, -0.25) is 25.2 Å². The zero-order valence-corrected chi connectivity index (χ0v) is 18.5. The van der Waals surface area contributed by atoms with Gasteiger partial charge in [0.1, 0.15) is 5.69 Å². The lowest BCUT2D eigenvalue weighted by Gasteiger charge is -2.10. The number of halogens is 3. The molecule has 0 unspecified atom stereocenters. The number of nitrogens with one attached hydrogen (secondary N) is 2. The summed E-state index contributed by atoms with van der Waals surface area (Å²) in [6, 6.07) is 14.7. The van der Waals surface area contributed by atoms with Crippen LogP contribution >= 0.6 is 0 Å². The van der Waals surface area contributed by atoms with Crippen LogP contribution in [0.5, 0.6) is 0 Å². The summed E-state index contributed by atoms with van der Waals surface area (Å²) in [5, 5.41) is 4.96. The quantitative estimate of drug-likeness (QED) is 0.263. The van der Waals surface area contributed by atoms with Crippen LogP contribution in [0.4, 0.5) is 13.2 Å².